The average Bonchev–Trinajstić information content (AvgIpc) is 2.62. The lowest BCUT2D eigenvalue weighted by molar-refractivity contribution is -0.384. The summed E-state index contributed by atoms with van der Waals surface area (Å²) in [5, 5.41) is 14.3. The molecule has 1 aromatic carbocycles. The Bertz CT molecular complexity index is 552. The summed E-state index contributed by atoms with van der Waals surface area (Å²) in [4.78, 5) is 15.4. The predicted molar refractivity (Wildman–Crippen MR) is 89.3 cm³/mol. The van der Waals surface area contributed by atoms with Crippen molar-refractivity contribution < 1.29 is 9.66 Å². The quantitative estimate of drug-likeness (QED) is 0.669. The molecule has 1 aromatic rings. The molecule has 0 aliphatic carbocycles. The van der Waals surface area contributed by atoms with Gasteiger partial charge in [-0.2, -0.15) is 0 Å². The van der Waals surface area contributed by atoms with E-state index in [1.807, 2.05) is 6.07 Å². The molecule has 126 valence electrons. The van der Waals surface area contributed by atoms with Crippen LogP contribution in [0.4, 0.5) is 11.4 Å². The van der Waals surface area contributed by atoms with Gasteiger partial charge >= 0.3 is 0 Å². The fourth-order valence-electron chi connectivity index (χ4n) is 3.56. The second-order valence-electron chi connectivity index (χ2n) is 6.12. The molecule has 2 fully saturated rings. The van der Waals surface area contributed by atoms with E-state index in [-0.39, 0.29) is 10.6 Å². The van der Waals surface area contributed by atoms with Gasteiger partial charge in [0.15, 0.2) is 0 Å². The van der Waals surface area contributed by atoms with E-state index in [1.54, 1.807) is 13.2 Å². The SMILES string of the molecule is COc1cc([N+](=O)[O-])ccc1N1CCC(N2CCNCC2)CC1. The fraction of sp³-hybridized carbons (Fsp3) is 0.625. The molecule has 7 heteroatoms. The number of piperazine rings is 1. The number of hydrogen-bond acceptors (Lipinski definition) is 6. The third-order valence-electron chi connectivity index (χ3n) is 4.85. The summed E-state index contributed by atoms with van der Waals surface area (Å²) >= 11 is 0. The molecule has 2 aliphatic rings. The molecule has 0 saturated carbocycles. The van der Waals surface area contributed by atoms with Gasteiger partial charge in [0.2, 0.25) is 0 Å². The van der Waals surface area contributed by atoms with Crippen molar-refractivity contribution in [3.63, 3.8) is 0 Å². The van der Waals surface area contributed by atoms with Crippen LogP contribution in [0.2, 0.25) is 0 Å². The van der Waals surface area contributed by atoms with Gasteiger partial charge in [-0.15, -0.1) is 0 Å². The Morgan fingerprint density at radius 1 is 1.22 bits per heavy atom. The zero-order chi connectivity index (χ0) is 16.2. The highest BCUT2D eigenvalue weighted by molar-refractivity contribution is 5.62. The Hall–Kier alpha value is -1.86. The van der Waals surface area contributed by atoms with Gasteiger partial charge in [0.25, 0.3) is 5.69 Å². The molecule has 1 N–H and O–H groups in total. The Balaban J connectivity index is 1.66. The van der Waals surface area contributed by atoms with Crippen molar-refractivity contribution >= 4 is 11.4 Å². The summed E-state index contributed by atoms with van der Waals surface area (Å²) in [6.07, 6.45) is 2.25. The van der Waals surface area contributed by atoms with Crippen LogP contribution in [0, 0.1) is 10.1 Å². The number of nitro benzene ring substituents is 1. The number of anilines is 1. The number of piperidine rings is 1. The van der Waals surface area contributed by atoms with E-state index in [1.165, 1.54) is 6.07 Å². The number of nitrogens with zero attached hydrogens (tertiary/aromatic N) is 3. The maximum Gasteiger partial charge on any atom is 0.273 e. The van der Waals surface area contributed by atoms with E-state index in [4.69, 9.17) is 4.74 Å². The van der Waals surface area contributed by atoms with Crippen molar-refractivity contribution in [2.45, 2.75) is 18.9 Å². The molecule has 3 rings (SSSR count). The van der Waals surface area contributed by atoms with Crippen LogP contribution >= 0.6 is 0 Å². The highest BCUT2D eigenvalue weighted by Crippen LogP contribution is 2.34. The van der Waals surface area contributed by atoms with Crippen molar-refractivity contribution in [1.29, 1.82) is 0 Å². The molecule has 7 nitrogen and oxygen atoms in total. The molecule has 0 atom stereocenters. The third kappa shape index (κ3) is 3.56. The van der Waals surface area contributed by atoms with Crippen LogP contribution in [0.3, 0.4) is 0 Å². The van der Waals surface area contributed by atoms with Crippen molar-refractivity contribution in [1.82, 2.24) is 10.2 Å². The Kier molecular flexibility index (Phi) is 4.97. The van der Waals surface area contributed by atoms with E-state index in [2.05, 4.69) is 15.1 Å². The van der Waals surface area contributed by atoms with Crippen LogP contribution in [-0.2, 0) is 0 Å². The van der Waals surface area contributed by atoms with Crippen LogP contribution in [0.25, 0.3) is 0 Å². The zero-order valence-electron chi connectivity index (χ0n) is 13.5. The molecule has 0 aromatic heterocycles. The van der Waals surface area contributed by atoms with Gasteiger partial charge in [0, 0.05) is 51.4 Å². The standard InChI is InChI=1S/C16H24N4O3/c1-23-16-12-14(20(21)22)2-3-15(16)19-8-4-13(5-9-19)18-10-6-17-7-11-18/h2-3,12-13,17H,4-11H2,1H3. The smallest absolute Gasteiger partial charge is 0.273 e. The highest BCUT2D eigenvalue weighted by atomic mass is 16.6. The lowest BCUT2D eigenvalue weighted by Gasteiger charge is -2.41. The second-order valence-corrected chi connectivity index (χ2v) is 6.12. The molecular formula is C16H24N4O3. The van der Waals surface area contributed by atoms with E-state index in [0.29, 0.717) is 11.8 Å². The molecule has 2 heterocycles. The molecule has 0 unspecified atom stereocenters. The van der Waals surface area contributed by atoms with Crippen molar-refractivity contribution in [2.24, 2.45) is 0 Å². The molecule has 0 bridgehead atoms. The van der Waals surface area contributed by atoms with Crippen LogP contribution in [0.5, 0.6) is 5.75 Å². The minimum atomic E-state index is -0.386. The number of methoxy groups -OCH3 is 1. The summed E-state index contributed by atoms with van der Waals surface area (Å²) in [6, 6.07) is 5.53. The van der Waals surface area contributed by atoms with Crippen LogP contribution in [0.1, 0.15) is 12.8 Å². The number of rotatable bonds is 4. The van der Waals surface area contributed by atoms with E-state index >= 15 is 0 Å². The van der Waals surface area contributed by atoms with Gasteiger partial charge in [0.1, 0.15) is 5.75 Å². The minimum Gasteiger partial charge on any atom is -0.494 e. The fourth-order valence-corrected chi connectivity index (χ4v) is 3.56. The number of ether oxygens (including phenoxy) is 1. The van der Waals surface area contributed by atoms with Crippen molar-refractivity contribution in [3.05, 3.63) is 28.3 Å². The highest BCUT2D eigenvalue weighted by Gasteiger charge is 2.27. The number of nitro groups is 1. The summed E-state index contributed by atoms with van der Waals surface area (Å²) in [7, 11) is 1.57. The first-order valence-corrected chi connectivity index (χ1v) is 8.21. The summed E-state index contributed by atoms with van der Waals surface area (Å²) in [5.74, 6) is 0.583. The molecule has 0 amide bonds. The zero-order valence-corrected chi connectivity index (χ0v) is 13.5. The number of benzene rings is 1. The first-order valence-electron chi connectivity index (χ1n) is 8.21. The molecule has 0 radical (unpaired) electrons. The van der Waals surface area contributed by atoms with Gasteiger partial charge in [-0.05, 0) is 18.9 Å². The number of nitrogens with one attached hydrogen (secondary N) is 1. The summed E-state index contributed by atoms with van der Waals surface area (Å²) in [5.41, 5.74) is 1.03. The predicted octanol–water partition coefficient (Wildman–Crippen LogP) is 1.48. The average molecular weight is 320 g/mol. The maximum absolute atomic E-state index is 10.9. The lowest BCUT2D eigenvalue weighted by atomic mass is 10.0. The molecule has 2 aliphatic heterocycles. The lowest BCUT2D eigenvalue weighted by Crippen LogP contribution is -2.52. The van der Waals surface area contributed by atoms with Crippen molar-refractivity contribution in [2.75, 3.05) is 51.3 Å². The van der Waals surface area contributed by atoms with Crippen LogP contribution < -0.4 is 15.0 Å². The van der Waals surface area contributed by atoms with Gasteiger partial charge in [0.05, 0.1) is 23.8 Å². The first-order chi connectivity index (χ1) is 11.2. The van der Waals surface area contributed by atoms with E-state index in [9.17, 15) is 10.1 Å². The molecule has 2 saturated heterocycles. The molecule has 23 heavy (non-hydrogen) atoms. The molecule has 0 spiro atoms. The Labute approximate surface area is 136 Å². The summed E-state index contributed by atoms with van der Waals surface area (Å²) < 4.78 is 5.37. The van der Waals surface area contributed by atoms with Crippen LogP contribution in [0.15, 0.2) is 18.2 Å². The normalized spacial score (nSPS) is 20.5. The van der Waals surface area contributed by atoms with E-state index in [0.717, 1.165) is 57.8 Å². The minimum absolute atomic E-state index is 0.0707. The second kappa shape index (κ2) is 7.14. The van der Waals surface area contributed by atoms with E-state index < -0.39 is 0 Å². The topological polar surface area (TPSA) is 70.9 Å². The number of hydrogen-bond donors (Lipinski definition) is 1. The monoisotopic (exact) mass is 320 g/mol. The summed E-state index contributed by atoms with van der Waals surface area (Å²) in [6.45, 7) is 6.34. The van der Waals surface area contributed by atoms with Gasteiger partial charge in [-0.3, -0.25) is 15.0 Å². The van der Waals surface area contributed by atoms with Gasteiger partial charge < -0.3 is 15.0 Å². The van der Waals surface area contributed by atoms with Gasteiger partial charge in [-0.25, -0.2) is 0 Å². The van der Waals surface area contributed by atoms with Crippen molar-refractivity contribution in [3.8, 4) is 5.75 Å². The van der Waals surface area contributed by atoms with Gasteiger partial charge in [-0.1, -0.05) is 0 Å². The third-order valence-corrected chi connectivity index (χ3v) is 4.85. The number of non-ortho nitro benzene ring substituents is 1. The maximum atomic E-state index is 10.9. The van der Waals surface area contributed by atoms with Crippen LogP contribution in [-0.4, -0.2) is 62.2 Å². The Morgan fingerprint density at radius 2 is 1.91 bits per heavy atom. The first kappa shape index (κ1) is 16.0. The molecular weight excluding hydrogens is 296 g/mol. The Morgan fingerprint density at radius 3 is 2.52 bits per heavy atom. The largest absolute Gasteiger partial charge is 0.494 e.